The zero-order valence-corrected chi connectivity index (χ0v) is 6.82. The third-order valence-electron chi connectivity index (χ3n) is 3.57. The molecule has 2 rings (SSSR count). The van der Waals surface area contributed by atoms with Crippen molar-refractivity contribution in [2.45, 2.75) is 45.1 Å². The zero-order chi connectivity index (χ0) is 7.03. The number of hydrogen-bond donors (Lipinski definition) is 1. The van der Waals surface area contributed by atoms with Crippen LogP contribution in [0.2, 0.25) is 0 Å². The maximum absolute atomic E-state index is 3.57. The third kappa shape index (κ3) is 0.800. The van der Waals surface area contributed by atoms with Crippen molar-refractivity contribution in [2.75, 3.05) is 6.54 Å². The Labute approximate surface area is 63.2 Å². The summed E-state index contributed by atoms with van der Waals surface area (Å²) in [5.74, 6) is 0. The molecule has 1 spiro atoms. The molecule has 1 saturated carbocycles. The quantitative estimate of drug-likeness (QED) is 0.540. The van der Waals surface area contributed by atoms with Crippen molar-refractivity contribution < 1.29 is 0 Å². The summed E-state index contributed by atoms with van der Waals surface area (Å²) in [7, 11) is 0. The molecule has 0 aromatic rings. The lowest BCUT2D eigenvalue weighted by Crippen LogP contribution is -2.51. The lowest BCUT2D eigenvalue weighted by atomic mass is 9.61. The van der Waals surface area contributed by atoms with Crippen LogP contribution in [0.1, 0.15) is 39.0 Å². The number of piperidine rings is 1. The van der Waals surface area contributed by atoms with Gasteiger partial charge >= 0.3 is 0 Å². The molecule has 1 N–H and O–H groups in total. The average molecular weight is 139 g/mol. The molecule has 58 valence electrons. The summed E-state index contributed by atoms with van der Waals surface area (Å²) in [6, 6.07) is 0.801. The van der Waals surface area contributed by atoms with Crippen LogP contribution in [0.25, 0.3) is 0 Å². The van der Waals surface area contributed by atoms with Crippen molar-refractivity contribution in [3.8, 4) is 0 Å². The molecule has 10 heavy (non-hydrogen) atoms. The Bertz CT molecular complexity index is 127. The Hall–Kier alpha value is -0.0400. The normalized spacial score (nSPS) is 37.5. The highest BCUT2D eigenvalue weighted by molar-refractivity contribution is 4.97. The third-order valence-corrected chi connectivity index (χ3v) is 3.57. The van der Waals surface area contributed by atoms with Gasteiger partial charge in [0.2, 0.25) is 0 Å². The first kappa shape index (κ1) is 6.66. The fraction of sp³-hybridized carbons (Fsp3) is 1.00. The smallest absolute Gasteiger partial charge is 0.00951 e. The van der Waals surface area contributed by atoms with Crippen LogP contribution in [0.4, 0.5) is 0 Å². The average Bonchev–Trinajstić information content (AvgIpc) is 1.85. The van der Waals surface area contributed by atoms with Crippen LogP contribution in [-0.4, -0.2) is 12.6 Å². The van der Waals surface area contributed by atoms with Crippen LogP contribution in [0.5, 0.6) is 0 Å². The summed E-state index contributed by atoms with van der Waals surface area (Å²) >= 11 is 0. The van der Waals surface area contributed by atoms with Gasteiger partial charge in [-0.2, -0.15) is 0 Å². The fourth-order valence-corrected chi connectivity index (χ4v) is 2.51. The molecule has 2 fully saturated rings. The van der Waals surface area contributed by atoms with Crippen molar-refractivity contribution >= 4 is 0 Å². The molecule has 1 atom stereocenters. The van der Waals surface area contributed by atoms with E-state index in [2.05, 4.69) is 12.2 Å². The van der Waals surface area contributed by atoms with E-state index in [4.69, 9.17) is 0 Å². The zero-order valence-electron chi connectivity index (χ0n) is 6.82. The number of nitrogens with one attached hydrogen (secondary N) is 1. The molecule has 1 heterocycles. The van der Waals surface area contributed by atoms with Crippen LogP contribution in [0.3, 0.4) is 0 Å². The minimum Gasteiger partial charge on any atom is -0.314 e. The highest BCUT2D eigenvalue weighted by Gasteiger charge is 2.42. The summed E-state index contributed by atoms with van der Waals surface area (Å²) in [5, 5.41) is 3.57. The first-order chi connectivity index (χ1) is 4.83. The summed E-state index contributed by atoms with van der Waals surface area (Å²) in [5.41, 5.74) is 0.748. The van der Waals surface area contributed by atoms with E-state index < -0.39 is 0 Å². The van der Waals surface area contributed by atoms with E-state index in [1.54, 1.807) is 0 Å². The molecular formula is C9H17N. The van der Waals surface area contributed by atoms with Gasteiger partial charge in [-0.1, -0.05) is 6.42 Å². The SMILES string of the molecule is C[C@@H]1NCCCC12CCC2. The Morgan fingerprint density at radius 1 is 1.20 bits per heavy atom. The molecule has 1 nitrogen and oxygen atoms in total. The Kier molecular flexibility index (Phi) is 1.48. The van der Waals surface area contributed by atoms with Gasteiger partial charge in [-0.05, 0) is 44.6 Å². The van der Waals surface area contributed by atoms with Crippen molar-refractivity contribution in [3.63, 3.8) is 0 Å². The molecule has 1 saturated heterocycles. The van der Waals surface area contributed by atoms with Gasteiger partial charge in [0, 0.05) is 6.04 Å². The molecule has 0 radical (unpaired) electrons. The largest absolute Gasteiger partial charge is 0.314 e. The lowest BCUT2D eigenvalue weighted by molar-refractivity contribution is 0.0473. The topological polar surface area (TPSA) is 12.0 Å². The predicted octanol–water partition coefficient (Wildman–Crippen LogP) is 1.93. The van der Waals surface area contributed by atoms with E-state index in [0.717, 1.165) is 11.5 Å². The first-order valence-corrected chi connectivity index (χ1v) is 4.57. The molecule has 1 heteroatoms. The van der Waals surface area contributed by atoms with E-state index in [-0.39, 0.29) is 0 Å². The Morgan fingerprint density at radius 2 is 1.90 bits per heavy atom. The molecule has 0 unspecified atom stereocenters. The van der Waals surface area contributed by atoms with E-state index in [0.29, 0.717) is 0 Å². The van der Waals surface area contributed by atoms with E-state index in [9.17, 15) is 0 Å². The van der Waals surface area contributed by atoms with Crippen molar-refractivity contribution in [3.05, 3.63) is 0 Å². The van der Waals surface area contributed by atoms with Crippen LogP contribution < -0.4 is 5.32 Å². The summed E-state index contributed by atoms with van der Waals surface area (Å²) in [6.45, 7) is 3.61. The van der Waals surface area contributed by atoms with Crippen molar-refractivity contribution in [1.82, 2.24) is 5.32 Å². The molecular weight excluding hydrogens is 122 g/mol. The molecule has 1 aliphatic carbocycles. The standard InChI is InChI=1S/C9H17N/c1-8-9(4-2-5-9)6-3-7-10-8/h8,10H,2-7H2,1H3/t8-/m0/s1. The molecule has 2 aliphatic rings. The van der Waals surface area contributed by atoms with E-state index >= 15 is 0 Å². The summed E-state index contributed by atoms with van der Waals surface area (Å²) < 4.78 is 0. The fourth-order valence-electron chi connectivity index (χ4n) is 2.51. The number of rotatable bonds is 0. The molecule has 0 aromatic heterocycles. The van der Waals surface area contributed by atoms with Crippen LogP contribution >= 0.6 is 0 Å². The van der Waals surface area contributed by atoms with E-state index in [1.807, 2.05) is 0 Å². The number of hydrogen-bond acceptors (Lipinski definition) is 1. The first-order valence-electron chi connectivity index (χ1n) is 4.57. The van der Waals surface area contributed by atoms with Gasteiger partial charge in [0.1, 0.15) is 0 Å². The predicted molar refractivity (Wildman–Crippen MR) is 43.0 cm³/mol. The van der Waals surface area contributed by atoms with Crippen LogP contribution in [0, 0.1) is 5.41 Å². The second-order valence-corrected chi connectivity index (χ2v) is 4.00. The van der Waals surface area contributed by atoms with Gasteiger partial charge in [0.25, 0.3) is 0 Å². The Balaban J connectivity index is 2.03. The highest BCUT2D eigenvalue weighted by atomic mass is 14.9. The molecule has 1 aliphatic heterocycles. The van der Waals surface area contributed by atoms with Crippen LogP contribution in [0.15, 0.2) is 0 Å². The second kappa shape index (κ2) is 2.23. The summed E-state index contributed by atoms with van der Waals surface area (Å²) in [6.07, 6.45) is 7.35. The lowest BCUT2D eigenvalue weighted by Gasteiger charge is -2.50. The van der Waals surface area contributed by atoms with Gasteiger partial charge in [-0.15, -0.1) is 0 Å². The molecule has 0 bridgehead atoms. The van der Waals surface area contributed by atoms with Gasteiger partial charge in [-0.25, -0.2) is 0 Å². The molecule has 0 amide bonds. The van der Waals surface area contributed by atoms with E-state index in [1.165, 1.54) is 38.6 Å². The highest BCUT2D eigenvalue weighted by Crippen LogP contribution is 2.48. The molecule has 0 aromatic carbocycles. The van der Waals surface area contributed by atoms with Gasteiger partial charge in [0.15, 0.2) is 0 Å². The maximum Gasteiger partial charge on any atom is 0.00951 e. The van der Waals surface area contributed by atoms with Crippen molar-refractivity contribution in [2.24, 2.45) is 5.41 Å². The Morgan fingerprint density at radius 3 is 2.30 bits per heavy atom. The summed E-state index contributed by atoms with van der Waals surface area (Å²) in [4.78, 5) is 0. The monoisotopic (exact) mass is 139 g/mol. The van der Waals surface area contributed by atoms with Gasteiger partial charge < -0.3 is 5.32 Å². The second-order valence-electron chi connectivity index (χ2n) is 4.00. The minimum atomic E-state index is 0.748. The van der Waals surface area contributed by atoms with Gasteiger partial charge in [0.05, 0.1) is 0 Å². The van der Waals surface area contributed by atoms with Gasteiger partial charge in [-0.3, -0.25) is 0 Å². The van der Waals surface area contributed by atoms with Crippen LogP contribution in [-0.2, 0) is 0 Å². The maximum atomic E-state index is 3.57. The van der Waals surface area contributed by atoms with Crippen molar-refractivity contribution in [1.29, 1.82) is 0 Å². The minimum absolute atomic E-state index is 0.748.